The second-order valence-electron chi connectivity index (χ2n) is 7.20. The van der Waals surface area contributed by atoms with Gasteiger partial charge in [0.05, 0.1) is 18.8 Å². The molecule has 2 aliphatic heterocycles. The van der Waals surface area contributed by atoms with Crippen molar-refractivity contribution in [2.45, 2.75) is 55.3 Å². The lowest BCUT2D eigenvalue weighted by Gasteiger charge is -2.41. The summed E-state index contributed by atoms with van der Waals surface area (Å²) >= 11 is 0. The van der Waals surface area contributed by atoms with Crippen LogP contribution in [0.1, 0.15) is 10.4 Å². The molecule has 0 radical (unpaired) electrons. The molecule has 9 atom stereocenters. The van der Waals surface area contributed by atoms with Crippen LogP contribution in [0.25, 0.3) is 0 Å². The van der Waals surface area contributed by atoms with Crippen LogP contribution in [-0.2, 0) is 14.2 Å². The Hall–Kier alpha value is -2.07. The first-order chi connectivity index (χ1) is 14.6. The van der Waals surface area contributed by atoms with Crippen LogP contribution in [0.2, 0.25) is 0 Å². The molecule has 0 saturated carbocycles. The number of phenolic OH excluding ortho intramolecular Hbond substituents is 1. The molecular formula is C18H24O13. The Bertz CT molecular complexity index is 773. The summed E-state index contributed by atoms with van der Waals surface area (Å²) in [4.78, 5) is 10.9. The van der Waals surface area contributed by atoms with Gasteiger partial charge in [0, 0.05) is 0 Å². The average Bonchev–Trinajstić information content (AvgIpc) is 2.73. The van der Waals surface area contributed by atoms with Crippen molar-refractivity contribution < 1.29 is 64.6 Å². The van der Waals surface area contributed by atoms with E-state index in [4.69, 9.17) is 24.1 Å². The van der Waals surface area contributed by atoms with E-state index in [1.807, 2.05) is 0 Å². The van der Waals surface area contributed by atoms with Crippen LogP contribution in [-0.4, -0.2) is 115 Å². The van der Waals surface area contributed by atoms with E-state index in [0.717, 1.165) is 18.2 Å². The van der Waals surface area contributed by atoms with Crippen LogP contribution in [0, 0.1) is 0 Å². The Labute approximate surface area is 175 Å². The fourth-order valence-electron chi connectivity index (χ4n) is 3.14. The molecule has 0 unspecified atom stereocenters. The fraction of sp³-hybridized carbons (Fsp3) is 0.611. The number of hydrogen-bond donors (Lipinski definition) is 8. The summed E-state index contributed by atoms with van der Waals surface area (Å²) in [7, 11) is 0. The number of rotatable bonds is 6. The third kappa shape index (κ3) is 5.06. The number of ether oxygens (including phenoxy) is 4. The monoisotopic (exact) mass is 448 g/mol. The summed E-state index contributed by atoms with van der Waals surface area (Å²) in [5.41, 5.74) is -0.213. The van der Waals surface area contributed by atoms with E-state index in [1.54, 1.807) is 0 Å². The number of aliphatic hydroxyl groups is 6. The van der Waals surface area contributed by atoms with E-state index in [0.29, 0.717) is 0 Å². The Balaban J connectivity index is 1.66. The molecule has 0 spiro atoms. The maximum atomic E-state index is 10.9. The number of phenols is 1. The molecule has 0 aromatic heterocycles. The Morgan fingerprint density at radius 1 is 0.968 bits per heavy atom. The summed E-state index contributed by atoms with van der Waals surface area (Å²) < 4.78 is 21.1. The van der Waals surface area contributed by atoms with Gasteiger partial charge in [-0.2, -0.15) is 0 Å². The van der Waals surface area contributed by atoms with Gasteiger partial charge in [-0.15, -0.1) is 0 Å². The smallest absolute Gasteiger partial charge is 0.335 e. The molecule has 0 bridgehead atoms. The van der Waals surface area contributed by atoms with Gasteiger partial charge >= 0.3 is 5.97 Å². The molecule has 2 aliphatic rings. The maximum Gasteiger partial charge on any atom is 0.335 e. The van der Waals surface area contributed by atoms with Crippen LogP contribution in [0.3, 0.4) is 0 Å². The van der Waals surface area contributed by atoms with Crippen LogP contribution < -0.4 is 4.74 Å². The zero-order chi connectivity index (χ0) is 22.9. The zero-order valence-corrected chi connectivity index (χ0v) is 16.0. The second-order valence-corrected chi connectivity index (χ2v) is 7.20. The number of benzene rings is 1. The molecule has 13 nitrogen and oxygen atoms in total. The van der Waals surface area contributed by atoms with Crippen molar-refractivity contribution >= 4 is 5.97 Å². The van der Waals surface area contributed by atoms with E-state index in [-0.39, 0.29) is 17.9 Å². The molecule has 2 fully saturated rings. The third-order valence-electron chi connectivity index (χ3n) is 5.00. The van der Waals surface area contributed by atoms with Crippen LogP contribution >= 0.6 is 0 Å². The van der Waals surface area contributed by atoms with E-state index >= 15 is 0 Å². The number of aromatic carboxylic acids is 1. The summed E-state index contributed by atoms with van der Waals surface area (Å²) in [6.45, 7) is -0.783. The predicted octanol–water partition coefficient (Wildman–Crippen LogP) is -3.27. The molecule has 2 saturated heterocycles. The molecule has 174 valence electrons. The van der Waals surface area contributed by atoms with Gasteiger partial charge in [0.15, 0.2) is 17.8 Å². The van der Waals surface area contributed by atoms with Crippen molar-refractivity contribution in [3.8, 4) is 11.5 Å². The summed E-state index contributed by atoms with van der Waals surface area (Å²) in [6, 6.07) is 3.18. The Kier molecular flexibility index (Phi) is 7.31. The van der Waals surface area contributed by atoms with Gasteiger partial charge in [0.2, 0.25) is 6.29 Å². The fourth-order valence-corrected chi connectivity index (χ4v) is 3.14. The van der Waals surface area contributed by atoms with Crippen molar-refractivity contribution in [1.82, 2.24) is 0 Å². The summed E-state index contributed by atoms with van der Waals surface area (Å²) in [6.07, 6.45) is -13.7. The van der Waals surface area contributed by atoms with Gasteiger partial charge in [-0.25, -0.2) is 4.79 Å². The SMILES string of the molecule is O=C(O)c1ccc(O[C@H]2O[C@@H](CO[C@@H]3OC[C@H](O)[C@@H](O)[C@@H]3O)[C@H](O)[C@@H](O)[C@@H]2O)c(O)c1. The minimum atomic E-state index is -1.74. The van der Waals surface area contributed by atoms with E-state index in [9.17, 15) is 40.5 Å². The first-order valence-electron chi connectivity index (χ1n) is 9.30. The number of carboxylic acids is 1. The molecule has 0 amide bonds. The topological polar surface area (TPSA) is 216 Å². The molecule has 2 heterocycles. The van der Waals surface area contributed by atoms with Crippen molar-refractivity contribution in [3.63, 3.8) is 0 Å². The highest BCUT2D eigenvalue weighted by Crippen LogP contribution is 2.31. The molecule has 0 aliphatic carbocycles. The lowest BCUT2D eigenvalue weighted by atomic mass is 9.99. The van der Waals surface area contributed by atoms with E-state index < -0.39 is 73.6 Å². The van der Waals surface area contributed by atoms with Crippen LogP contribution in [0.5, 0.6) is 11.5 Å². The predicted molar refractivity (Wildman–Crippen MR) is 96.1 cm³/mol. The van der Waals surface area contributed by atoms with Gasteiger partial charge in [0.25, 0.3) is 0 Å². The lowest BCUT2D eigenvalue weighted by Crippen LogP contribution is -2.61. The van der Waals surface area contributed by atoms with Crippen LogP contribution in [0.4, 0.5) is 0 Å². The van der Waals surface area contributed by atoms with E-state index in [2.05, 4.69) is 0 Å². The summed E-state index contributed by atoms with van der Waals surface area (Å²) in [5.74, 6) is -2.09. The van der Waals surface area contributed by atoms with Crippen LogP contribution in [0.15, 0.2) is 18.2 Å². The highest BCUT2D eigenvalue weighted by molar-refractivity contribution is 5.88. The third-order valence-corrected chi connectivity index (χ3v) is 5.00. The Morgan fingerprint density at radius 2 is 1.65 bits per heavy atom. The Morgan fingerprint density at radius 3 is 2.29 bits per heavy atom. The summed E-state index contributed by atoms with van der Waals surface area (Å²) in [5, 5.41) is 78.3. The van der Waals surface area contributed by atoms with Gasteiger partial charge in [-0.3, -0.25) is 0 Å². The van der Waals surface area contributed by atoms with E-state index in [1.165, 1.54) is 0 Å². The number of carbonyl (C=O) groups is 1. The van der Waals surface area contributed by atoms with Crippen molar-refractivity contribution in [1.29, 1.82) is 0 Å². The van der Waals surface area contributed by atoms with Gasteiger partial charge < -0.3 is 59.8 Å². The van der Waals surface area contributed by atoms with Crippen molar-refractivity contribution in [2.24, 2.45) is 0 Å². The molecule has 1 aromatic carbocycles. The molecule has 31 heavy (non-hydrogen) atoms. The minimum absolute atomic E-state index is 0.213. The highest BCUT2D eigenvalue weighted by atomic mass is 16.7. The highest BCUT2D eigenvalue weighted by Gasteiger charge is 2.46. The minimum Gasteiger partial charge on any atom is -0.504 e. The van der Waals surface area contributed by atoms with Gasteiger partial charge in [-0.05, 0) is 18.2 Å². The van der Waals surface area contributed by atoms with Gasteiger partial charge in [0.1, 0.15) is 42.7 Å². The first-order valence-corrected chi connectivity index (χ1v) is 9.30. The molecule has 8 N–H and O–H groups in total. The van der Waals surface area contributed by atoms with Crippen molar-refractivity contribution in [2.75, 3.05) is 13.2 Å². The first kappa shape index (κ1) is 23.6. The molecule has 3 rings (SSSR count). The quantitative estimate of drug-likeness (QED) is 0.215. The number of carboxylic acid groups (broad SMARTS) is 1. The number of aliphatic hydroxyl groups excluding tert-OH is 6. The molecule has 13 heteroatoms. The zero-order valence-electron chi connectivity index (χ0n) is 16.0. The normalized spacial score (nSPS) is 38.6. The number of hydrogen-bond acceptors (Lipinski definition) is 12. The maximum absolute atomic E-state index is 10.9. The lowest BCUT2D eigenvalue weighted by molar-refractivity contribution is -0.307. The second kappa shape index (κ2) is 9.60. The largest absolute Gasteiger partial charge is 0.504 e. The molecule has 1 aromatic rings. The molecular weight excluding hydrogens is 424 g/mol. The number of aromatic hydroxyl groups is 1. The van der Waals surface area contributed by atoms with Gasteiger partial charge in [-0.1, -0.05) is 0 Å². The van der Waals surface area contributed by atoms with Crippen molar-refractivity contribution in [3.05, 3.63) is 23.8 Å². The standard InChI is InChI=1S/C18H24O13/c19-7-3-6(16(26)27)1-2-9(7)30-18-15(25)13(23)12(22)10(31-18)5-29-17-14(24)11(21)8(20)4-28-17/h1-3,8,10-15,17-25H,4-5H2,(H,26,27)/t8-,10-,11+,12-,13+,14-,15-,17-,18-/m0/s1. The average molecular weight is 448 g/mol.